The first-order valence-corrected chi connectivity index (χ1v) is 12.3. The third-order valence-corrected chi connectivity index (χ3v) is 6.44. The number of alkyl halides is 5. The molecule has 8 nitrogen and oxygen atoms in total. The van der Waals surface area contributed by atoms with Gasteiger partial charge in [-0.25, -0.2) is 18.3 Å². The largest absolute Gasteiger partial charge is 0.390 e. The second kappa shape index (κ2) is 11.1. The molecule has 202 valence electrons. The molecule has 3 aromatic heterocycles. The lowest BCUT2D eigenvalue weighted by Crippen LogP contribution is -2.22. The fourth-order valence-electron chi connectivity index (χ4n) is 4.12. The maximum absolute atomic E-state index is 12.3. The van der Waals surface area contributed by atoms with Crippen molar-refractivity contribution in [2.75, 3.05) is 0 Å². The molecule has 0 saturated heterocycles. The van der Waals surface area contributed by atoms with Crippen molar-refractivity contribution in [1.82, 2.24) is 29.7 Å². The number of carbonyl (C=O) groups excluding carboxylic acids is 1. The minimum absolute atomic E-state index is 0.0405. The van der Waals surface area contributed by atoms with Gasteiger partial charge >= 0.3 is 6.18 Å². The molecule has 3 N–H and O–H groups in total. The molecule has 1 atom stereocenters. The van der Waals surface area contributed by atoms with Crippen LogP contribution in [-0.4, -0.2) is 42.4 Å². The summed E-state index contributed by atoms with van der Waals surface area (Å²) in [4.78, 5) is 16.7. The van der Waals surface area contributed by atoms with Crippen LogP contribution < -0.4 is 11.1 Å². The van der Waals surface area contributed by atoms with E-state index in [0.717, 1.165) is 29.5 Å². The number of nitrogens with one attached hydrogen (secondary N) is 1. The van der Waals surface area contributed by atoms with Gasteiger partial charge in [-0.05, 0) is 43.2 Å². The summed E-state index contributed by atoms with van der Waals surface area (Å²) in [6, 6.07) is 1.85. The molecule has 0 aliphatic heterocycles. The highest BCUT2D eigenvalue weighted by Crippen LogP contribution is 2.39. The fourth-order valence-corrected chi connectivity index (χ4v) is 4.12. The molecule has 0 radical (unpaired) electrons. The van der Waals surface area contributed by atoms with Crippen molar-refractivity contribution in [1.29, 1.82) is 0 Å². The van der Waals surface area contributed by atoms with Crippen molar-refractivity contribution in [3.63, 3.8) is 0 Å². The average molecular weight is 528 g/mol. The third kappa shape index (κ3) is 7.94. The number of aromatic nitrogens is 5. The molecule has 3 heterocycles. The summed E-state index contributed by atoms with van der Waals surface area (Å²) in [5.74, 6) is -2.26. The van der Waals surface area contributed by atoms with Crippen LogP contribution in [0, 0.1) is 5.92 Å². The van der Waals surface area contributed by atoms with Crippen molar-refractivity contribution in [3.05, 3.63) is 47.7 Å². The van der Waals surface area contributed by atoms with Crippen molar-refractivity contribution in [2.45, 2.75) is 82.6 Å². The predicted octanol–water partition coefficient (Wildman–Crippen LogP) is 4.80. The number of carbonyl (C=O) groups is 1. The molecule has 2 aliphatic carbocycles. The lowest BCUT2D eigenvalue weighted by atomic mass is 9.97. The van der Waals surface area contributed by atoms with Gasteiger partial charge in [-0.15, -0.1) is 0 Å². The normalized spacial score (nSPS) is 18.2. The zero-order chi connectivity index (χ0) is 26.6. The van der Waals surface area contributed by atoms with Crippen molar-refractivity contribution < 1.29 is 26.7 Å². The molecule has 0 spiro atoms. The highest BCUT2D eigenvalue weighted by Gasteiger charge is 2.31. The number of halogens is 5. The van der Waals surface area contributed by atoms with E-state index in [1.54, 1.807) is 16.9 Å². The summed E-state index contributed by atoms with van der Waals surface area (Å²) in [5.41, 5.74) is 8.57. The van der Waals surface area contributed by atoms with Gasteiger partial charge in [0.1, 0.15) is 0 Å². The van der Waals surface area contributed by atoms with Gasteiger partial charge in [-0.1, -0.05) is 6.42 Å². The molecule has 5 rings (SSSR count). The van der Waals surface area contributed by atoms with Gasteiger partial charge in [0.05, 0.1) is 42.8 Å². The summed E-state index contributed by atoms with van der Waals surface area (Å²) in [6.45, 7) is -0.180. The molecule has 1 amide bonds. The first kappa shape index (κ1) is 27.0. The Hall–Kier alpha value is -3.09. The van der Waals surface area contributed by atoms with Crippen LogP contribution in [0.2, 0.25) is 0 Å². The second-order valence-corrected chi connectivity index (χ2v) is 9.64. The van der Waals surface area contributed by atoms with E-state index in [4.69, 9.17) is 5.73 Å². The quantitative estimate of drug-likeness (QED) is 0.430. The highest BCUT2D eigenvalue weighted by atomic mass is 19.4. The van der Waals surface area contributed by atoms with Crippen LogP contribution in [0.25, 0.3) is 5.65 Å². The van der Waals surface area contributed by atoms with Gasteiger partial charge in [0.25, 0.3) is 5.91 Å². The van der Waals surface area contributed by atoms with Gasteiger partial charge in [0, 0.05) is 31.6 Å². The summed E-state index contributed by atoms with van der Waals surface area (Å²) < 4.78 is 63.9. The average Bonchev–Trinajstić information content (AvgIpc) is 3.43. The Bertz CT molecular complexity index is 1190. The van der Waals surface area contributed by atoms with Gasteiger partial charge in [0.2, 0.25) is 5.92 Å². The number of imidazole rings is 1. The number of nitrogens with zero attached hydrogens (tertiary/aromatic N) is 5. The number of nitrogens with two attached hydrogens (primary N) is 1. The maximum atomic E-state index is 12.3. The second-order valence-electron chi connectivity index (χ2n) is 9.64. The third-order valence-electron chi connectivity index (χ3n) is 6.44. The van der Waals surface area contributed by atoms with E-state index in [-0.39, 0.29) is 37.5 Å². The molecule has 0 aromatic carbocycles. The van der Waals surface area contributed by atoms with Crippen LogP contribution in [0.3, 0.4) is 0 Å². The van der Waals surface area contributed by atoms with Crippen molar-refractivity contribution in [3.8, 4) is 0 Å². The maximum Gasteiger partial charge on any atom is 0.390 e. The van der Waals surface area contributed by atoms with E-state index >= 15 is 0 Å². The van der Waals surface area contributed by atoms with Gasteiger partial charge < -0.3 is 11.1 Å². The minimum Gasteiger partial charge on any atom is -0.346 e. The SMILES string of the molecule is FC1(F)CCCCC1.NC(c1cnn2cc(CNC(=O)c3cnn(CCC(F)(F)F)c3)nc2c1)C1CC1. The molecular weight excluding hydrogens is 497 g/mol. The summed E-state index contributed by atoms with van der Waals surface area (Å²) in [5, 5.41) is 10.8. The monoisotopic (exact) mass is 527 g/mol. The fraction of sp³-hybridized carbons (Fsp3) is 0.583. The molecule has 2 fully saturated rings. The zero-order valence-corrected chi connectivity index (χ0v) is 20.2. The van der Waals surface area contributed by atoms with E-state index in [0.29, 0.717) is 30.1 Å². The number of amides is 1. The van der Waals surface area contributed by atoms with E-state index < -0.39 is 24.4 Å². The molecule has 3 aromatic rings. The van der Waals surface area contributed by atoms with E-state index in [1.807, 2.05) is 6.07 Å². The molecular formula is C24H30F5N7O. The summed E-state index contributed by atoms with van der Waals surface area (Å²) in [6.07, 6.45) is 5.61. The molecule has 13 heteroatoms. The molecule has 37 heavy (non-hydrogen) atoms. The summed E-state index contributed by atoms with van der Waals surface area (Å²) >= 11 is 0. The van der Waals surface area contributed by atoms with E-state index in [9.17, 15) is 26.7 Å². The Labute approximate surface area is 210 Å². The zero-order valence-electron chi connectivity index (χ0n) is 20.2. The Balaban J connectivity index is 0.000000342. The lowest BCUT2D eigenvalue weighted by molar-refractivity contribution is -0.137. The van der Waals surface area contributed by atoms with Crippen molar-refractivity contribution >= 4 is 11.6 Å². The first-order valence-electron chi connectivity index (χ1n) is 12.3. The van der Waals surface area contributed by atoms with Gasteiger partial charge in [0.15, 0.2) is 5.65 Å². The Morgan fingerprint density at radius 3 is 2.49 bits per heavy atom. The number of hydrogen-bond donors (Lipinski definition) is 2. The Morgan fingerprint density at radius 1 is 1.14 bits per heavy atom. The molecule has 1 unspecified atom stereocenters. The number of fused-ring (bicyclic) bond motifs is 1. The van der Waals surface area contributed by atoms with Crippen LogP contribution >= 0.6 is 0 Å². The van der Waals surface area contributed by atoms with Crippen LogP contribution in [-0.2, 0) is 13.1 Å². The predicted molar refractivity (Wildman–Crippen MR) is 125 cm³/mol. The minimum atomic E-state index is -4.27. The standard InChI is InChI=1S/C18H20F3N7O.C6H10F2/c19-18(20,21)3-4-27-9-13(7-24-27)17(29)23-8-14-10-28-15(26-14)5-12(6-25-28)16(22)11-1-2-11;7-6(8)4-2-1-3-5-6/h5-7,9-11,16H,1-4,8,22H2,(H,23,29);1-5H2. The number of aryl methyl sites for hydroxylation is 1. The lowest BCUT2D eigenvalue weighted by Gasteiger charge is -2.20. The Kier molecular flexibility index (Phi) is 8.10. The van der Waals surface area contributed by atoms with Gasteiger partial charge in [-0.2, -0.15) is 23.4 Å². The summed E-state index contributed by atoms with van der Waals surface area (Å²) in [7, 11) is 0. The molecule has 0 bridgehead atoms. The smallest absolute Gasteiger partial charge is 0.346 e. The van der Waals surface area contributed by atoms with Crippen LogP contribution in [0.15, 0.2) is 30.9 Å². The number of rotatable bonds is 7. The molecule has 2 aliphatic rings. The van der Waals surface area contributed by atoms with E-state index in [2.05, 4.69) is 20.5 Å². The topological polar surface area (TPSA) is 103 Å². The Morgan fingerprint density at radius 2 is 1.86 bits per heavy atom. The highest BCUT2D eigenvalue weighted by molar-refractivity contribution is 5.93. The van der Waals surface area contributed by atoms with Crippen LogP contribution in [0.4, 0.5) is 22.0 Å². The molecule has 2 saturated carbocycles. The van der Waals surface area contributed by atoms with E-state index in [1.165, 1.54) is 12.4 Å². The van der Waals surface area contributed by atoms with Crippen LogP contribution in [0.1, 0.15) is 79.0 Å². The first-order chi connectivity index (χ1) is 17.5. The number of hydrogen-bond acceptors (Lipinski definition) is 5. The van der Waals surface area contributed by atoms with Crippen molar-refractivity contribution in [2.24, 2.45) is 11.7 Å². The van der Waals surface area contributed by atoms with Crippen LogP contribution in [0.5, 0.6) is 0 Å². The van der Waals surface area contributed by atoms with Gasteiger partial charge in [-0.3, -0.25) is 9.48 Å².